The van der Waals surface area contributed by atoms with Gasteiger partial charge in [0.25, 0.3) is 5.22 Å². The van der Waals surface area contributed by atoms with Crippen molar-refractivity contribution in [2.45, 2.75) is 18.7 Å². The van der Waals surface area contributed by atoms with Crippen LogP contribution in [0.25, 0.3) is 11.5 Å². The second kappa shape index (κ2) is 11.5. The van der Waals surface area contributed by atoms with Crippen molar-refractivity contribution in [3.05, 3.63) is 42.0 Å². The Kier molecular flexibility index (Phi) is 8.42. The number of thioether (sulfide) groups is 1. The SMILES string of the molecule is CCN(Cc1ccc(OC)c(OC)c1)C(=O)CSc1nnc(-c2cc(OC)cc(OC)c2)o1. The molecule has 9 nitrogen and oxygen atoms in total. The summed E-state index contributed by atoms with van der Waals surface area (Å²) in [5.74, 6) is 2.94. The van der Waals surface area contributed by atoms with Crippen LogP contribution in [0.2, 0.25) is 0 Å². The summed E-state index contributed by atoms with van der Waals surface area (Å²) in [6, 6.07) is 10.9. The molecule has 1 heterocycles. The average Bonchev–Trinajstić information content (AvgIpc) is 3.34. The number of carbonyl (C=O) groups is 1. The van der Waals surface area contributed by atoms with Gasteiger partial charge < -0.3 is 28.3 Å². The molecule has 0 fully saturated rings. The summed E-state index contributed by atoms with van der Waals surface area (Å²) in [7, 11) is 6.31. The number of aromatic nitrogens is 2. The molecule has 10 heteroatoms. The molecular weight excluding hydrogens is 446 g/mol. The molecule has 0 radical (unpaired) electrons. The van der Waals surface area contributed by atoms with Crippen molar-refractivity contribution in [1.29, 1.82) is 0 Å². The molecule has 0 N–H and O–H groups in total. The Balaban J connectivity index is 1.64. The van der Waals surface area contributed by atoms with Crippen LogP contribution in [-0.2, 0) is 11.3 Å². The van der Waals surface area contributed by atoms with Crippen molar-refractivity contribution in [3.63, 3.8) is 0 Å². The van der Waals surface area contributed by atoms with Crippen molar-refractivity contribution in [3.8, 4) is 34.5 Å². The molecule has 0 saturated carbocycles. The maximum Gasteiger partial charge on any atom is 0.277 e. The summed E-state index contributed by atoms with van der Waals surface area (Å²) in [5.41, 5.74) is 1.61. The second-order valence-corrected chi connectivity index (χ2v) is 7.79. The van der Waals surface area contributed by atoms with E-state index in [1.807, 2.05) is 25.1 Å². The number of benzene rings is 2. The van der Waals surface area contributed by atoms with Gasteiger partial charge in [-0.05, 0) is 36.8 Å². The van der Waals surface area contributed by atoms with E-state index < -0.39 is 0 Å². The zero-order chi connectivity index (χ0) is 23.8. The van der Waals surface area contributed by atoms with Crippen LogP contribution in [0.1, 0.15) is 12.5 Å². The largest absolute Gasteiger partial charge is 0.497 e. The maximum absolute atomic E-state index is 12.8. The van der Waals surface area contributed by atoms with Gasteiger partial charge in [0.15, 0.2) is 11.5 Å². The maximum atomic E-state index is 12.8. The highest BCUT2D eigenvalue weighted by Crippen LogP contribution is 2.31. The molecular formula is C23H27N3O6S. The lowest BCUT2D eigenvalue weighted by Crippen LogP contribution is -2.31. The molecule has 0 aliphatic carbocycles. The molecule has 3 rings (SSSR count). The van der Waals surface area contributed by atoms with E-state index in [1.54, 1.807) is 51.5 Å². The highest BCUT2D eigenvalue weighted by atomic mass is 32.2. The fourth-order valence-corrected chi connectivity index (χ4v) is 3.77. The zero-order valence-corrected chi connectivity index (χ0v) is 20.1. The third-order valence-electron chi connectivity index (χ3n) is 4.88. The zero-order valence-electron chi connectivity index (χ0n) is 19.3. The molecule has 0 atom stereocenters. The van der Waals surface area contributed by atoms with Crippen LogP contribution in [-0.4, -0.2) is 61.7 Å². The highest BCUT2D eigenvalue weighted by Gasteiger charge is 2.17. The van der Waals surface area contributed by atoms with Gasteiger partial charge in [0.2, 0.25) is 11.8 Å². The van der Waals surface area contributed by atoms with Crippen molar-refractivity contribution in [2.24, 2.45) is 0 Å². The number of hydrogen-bond donors (Lipinski definition) is 0. The predicted molar refractivity (Wildman–Crippen MR) is 124 cm³/mol. The van der Waals surface area contributed by atoms with Gasteiger partial charge in [-0.25, -0.2) is 0 Å². The quantitative estimate of drug-likeness (QED) is 0.384. The number of amides is 1. The van der Waals surface area contributed by atoms with E-state index in [4.69, 9.17) is 23.4 Å². The van der Waals surface area contributed by atoms with Crippen molar-refractivity contribution in [2.75, 3.05) is 40.7 Å². The second-order valence-electron chi connectivity index (χ2n) is 6.86. The molecule has 1 amide bonds. The van der Waals surface area contributed by atoms with Crippen LogP contribution in [0, 0.1) is 0 Å². The van der Waals surface area contributed by atoms with Crippen molar-refractivity contribution >= 4 is 17.7 Å². The summed E-state index contributed by atoms with van der Waals surface area (Å²) < 4.78 is 26.9. The first kappa shape index (κ1) is 24.2. The molecule has 1 aromatic heterocycles. The number of rotatable bonds is 11. The van der Waals surface area contributed by atoms with E-state index in [2.05, 4.69) is 10.2 Å². The van der Waals surface area contributed by atoms with Crippen LogP contribution < -0.4 is 18.9 Å². The molecule has 0 saturated heterocycles. The predicted octanol–water partition coefficient (Wildman–Crippen LogP) is 3.91. The highest BCUT2D eigenvalue weighted by molar-refractivity contribution is 7.99. The smallest absolute Gasteiger partial charge is 0.277 e. The average molecular weight is 474 g/mol. The van der Waals surface area contributed by atoms with Gasteiger partial charge in [-0.3, -0.25) is 4.79 Å². The fourth-order valence-electron chi connectivity index (χ4n) is 3.11. The van der Waals surface area contributed by atoms with E-state index in [9.17, 15) is 4.79 Å². The molecule has 2 aromatic carbocycles. The fraction of sp³-hybridized carbons (Fsp3) is 0.348. The molecule has 0 unspecified atom stereocenters. The Hall–Kier alpha value is -3.40. The first-order valence-electron chi connectivity index (χ1n) is 10.2. The lowest BCUT2D eigenvalue weighted by Gasteiger charge is -2.21. The van der Waals surface area contributed by atoms with Crippen LogP contribution >= 0.6 is 11.8 Å². The van der Waals surface area contributed by atoms with Gasteiger partial charge in [0.1, 0.15) is 11.5 Å². The standard InChI is InChI=1S/C23H27N3O6S/c1-6-26(13-15-7-8-19(30-4)20(9-15)31-5)21(27)14-33-23-25-24-22(32-23)16-10-17(28-2)12-18(11-16)29-3/h7-12H,6,13-14H2,1-5H3. The topological polar surface area (TPSA) is 96.2 Å². The van der Waals surface area contributed by atoms with Crippen LogP contribution in [0.15, 0.2) is 46.0 Å². The Morgan fingerprint density at radius 2 is 1.64 bits per heavy atom. The monoisotopic (exact) mass is 473 g/mol. The molecule has 0 aliphatic rings. The third kappa shape index (κ3) is 6.10. The third-order valence-corrected chi connectivity index (χ3v) is 5.68. The van der Waals surface area contributed by atoms with Gasteiger partial charge in [-0.2, -0.15) is 0 Å². The van der Waals surface area contributed by atoms with Gasteiger partial charge in [0, 0.05) is 24.7 Å². The normalized spacial score (nSPS) is 10.6. The van der Waals surface area contributed by atoms with Crippen molar-refractivity contribution < 1.29 is 28.2 Å². The van der Waals surface area contributed by atoms with Crippen LogP contribution in [0.5, 0.6) is 23.0 Å². The molecule has 0 spiro atoms. The summed E-state index contributed by atoms with van der Waals surface area (Å²) in [6.45, 7) is 2.95. The Bertz CT molecular complexity index is 1070. The van der Waals surface area contributed by atoms with E-state index in [-0.39, 0.29) is 11.7 Å². The summed E-state index contributed by atoms with van der Waals surface area (Å²) in [6.07, 6.45) is 0. The van der Waals surface area contributed by atoms with Crippen LogP contribution in [0.4, 0.5) is 0 Å². The minimum absolute atomic E-state index is 0.0416. The number of hydrogen-bond acceptors (Lipinski definition) is 9. The molecule has 0 bridgehead atoms. The van der Waals surface area contributed by atoms with Gasteiger partial charge in [-0.15, -0.1) is 10.2 Å². The van der Waals surface area contributed by atoms with E-state index in [0.717, 1.165) is 5.56 Å². The summed E-state index contributed by atoms with van der Waals surface area (Å²) in [5, 5.41) is 8.44. The van der Waals surface area contributed by atoms with Gasteiger partial charge in [0.05, 0.1) is 34.2 Å². The number of ether oxygens (including phenoxy) is 4. The Morgan fingerprint density at radius 3 is 2.24 bits per heavy atom. The molecule has 0 aliphatic heterocycles. The van der Waals surface area contributed by atoms with E-state index >= 15 is 0 Å². The number of nitrogens with zero attached hydrogens (tertiary/aromatic N) is 3. The molecule has 3 aromatic rings. The molecule has 176 valence electrons. The number of methoxy groups -OCH3 is 4. The van der Waals surface area contributed by atoms with Gasteiger partial charge >= 0.3 is 0 Å². The first-order valence-corrected chi connectivity index (χ1v) is 11.2. The molecule has 33 heavy (non-hydrogen) atoms. The minimum Gasteiger partial charge on any atom is -0.497 e. The summed E-state index contributed by atoms with van der Waals surface area (Å²) >= 11 is 1.19. The van der Waals surface area contributed by atoms with E-state index in [1.165, 1.54) is 11.8 Å². The Morgan fingerprint density at radius 1 is 0.939 bits per heavy atom. The Labute approximate surface area is 197 Å². The number of carbonyl (C=O) groups excluding carboxylic acids is 1. The lowest BCUT2D eigenvalue weighted by atomic mass is 10.2. The summed E-state index contributed by atoms with van der Waals surface area (Å²) in [4.78, 5) is 14.5. The van der Waals surface area contributed by atoms with Crippen LogP contribution in [0.3, 0.4) is 0 Å². The minimum atomic E-state index is -0.0416. The van der Waals surface area contributed by atoms with Gasteiger partial charge in [-0.1, -0.05) is 17.8 Å². The lowest BCUT2D eigenvalue weighted by molar-refractivity contribution is -0.128. The van der Waals surface area contributed by atoms with E-state index in [0.29, 0.717) is 52.8 Å². The van der Waals surface area contributed by atoms with Crippen molar-refractivity contribution in [1.82, 2.24) is 15.1 Å². The first-order chi connectivity index (χ1) is 16.0.